The molecule has 2 rings (SSSR count). The highest BCUT2D eigenvalue weighted by atomic mass is 16.7. The van der Waals surface area contributed by atoms with Crippen molar-refractivity contribution in [1.29, 1.82) is 0 Å². The first-order valence-corrected chi connectivity index (χ1v) is 5.85. The van der Waals surface area contributed by atoms with Crippen LogP contribution in [0.25, 0.3) is 0 Å². The molecular weight excluding hydrogens is 229 g/mol. The van der Waals surface area contributed by atoms with Crippen molar-refractivity contribution in [2.75, 3.05) is 12.8 Å². The zero-order chi connectivity index (χ0) is 16.1. The lowest BCUT2D eigenvalue weighted by Crippen LogP contribution is -2.41. The van der Waals surface area contributed by atoms with Crippen LogP contribution in [0.4, 0.5) is 5.69 Å². The molecule has 1 heterocycles. The summed E-state index contributed by atoms with van der Waals surface area (Å²) >= 11 is 0. The first kappa shape index (κ1) is 9.70. The first-order chi connectivity index (χ1) is 9.40. The van der Waals surface area contributed by atoms with Crippen LogP contribution >= 0.6 is 0 Å². The maximum atomic E-state index is 7.15. The lowest BCUT2D eigenvalue weighted by molar-refractivity contribution is 0.00578. The van der Waals surface area contributed by atoms with Crippen LogP contribution in [0.2, 0.25) is 0 Å². The summed E-state index contributed by atoms with van der Waals surface area (Å²) in [5.41, 5.74) is 5.87. The number of benzene rings is 1. The molecule has 0 unspecified atom stereocenters. The second-order valence-corrected chi connectivity index (χ2v) is 5.53. The Balaban J connectivity index is 2.30. The maximum absolute atomic E-state index is 7.15. The number of methoxy groups -OCH3 is 1. The Kier molecular flexibility index (Phi) is 2.25. The third kappa shape index (κ3) is 2.20. The topological polar surface area (TPSA) is 53.7 Å². The summed E-state index contributed by atoms with van der Waals surface area (Å²) in [7, 11) is -3.14. The molecule has 2 N–H and O–H groups in total. The Morgan fingerprint density at radius 2 is 1.78 bits per heavy atom. The average Bonchev–Trinajstić information content (AvgIpc) is 2.44. The van der Waals surface area contributed by atoms with Crippen LogP contribution in [0, 0.1) is 0 Å². The van der Waals surface area contributed by atoms with Crippen LogP contribution in [0.3, 0.4) is 0 Å². The van der Waals surface area contributed by atoms with E-state index >= 15 is 0 Å². The minimum absolute atomic E-state index is 0.166. The van der Waals surface area contributed by atoms with Crippen molar-refractivity contribution in [1.82, 2.24) is 0 Å². The van der Waals surface area contributed by atoms with Gasteiger partial charge in [0.15, 0.2) is 0 Å². The van der Waals surface area contributed by atoms with E-state index in [9.17, 15) is 0 Å². The van der Waals surface area contributed by atoms with E-state index in [1.165, 1.54) is 6.07 Å². The van der Waals surface area contributed by atoms with Gasteiger partial charge in [0.25, 0.3) is 0 Å². The second-order valence-electron chi connectivity index (χ2n) is 5.53. The van der Waals surface area contributed by atoms with Crippen molar-refractivity contribution in [3.63, 3.8) is 0 Å². The zero-order valence-corrected chi connectivity index (χ0v) is 11.1. The first-order valence-electron chi connectivity index (χ1n) is 7.35. The number of anilines is 1. The van der Waals surface area contributed by atoms with Crippen molar-refractivity contribution in [2.45, 2.75) is 38.9 Å². The van der Waals surface area contributed by atoms with Gasteiger partial charge in [-0.15, -0.1) is 0 Å². The van der Waals surface area contributed by atoms with Crippen molar-refractivity contribution in [3.05, 3.63) is 18.2 Å². The van der Waals surface area contributed by atoms with Crippen molar-refractivity contribution < 1.29 is 18.2 Å². The Labute approximate surface area is 113 Å². The Bertz CT molecular complexity index is 530. The molecule has 4 nitrogen and oxygen atoms in total. The van der Waals surface area contributed by atoms with Crippen LogP contribution in [0.1, 0.15) is 31.8 Å². The average molecular weight is 252 g/mol. The predicted molar refractivity (Wildman–Crippen MR) is 73.1 cm³/mol. The monoisotopic (exact) mass is 252 g/mol. The van der Waals surface area contributed by atoms with Crippen molar-refractivity contribution >= 4 is 18.3 Å². The number of nitrogens with two attached hydrogens (primary N) is 1. The van der Waals surface area contributed by atoms with Crippen LogP contribution in [-0.2, 0) is 9.31 Å². The smallest absolute Gasteiger partial charge is 0.495 e. The molecular formula is C13H20BNO3. The summed E-state index contributed by atoms with van der Waals surface area (Å²) in [5, 5.41) is 0. The molecule has 0 bridgehead atoms. The fourth-order valence-corrected chi connectivity index (χ4v) is 1.82. The Morgan fingerprint density at radius 3 is 2.33 bits per heavy atom. The molecule has 0 saturated carbocycles. The molecule has 0 amide bonds. The third-order valence-corrected chi connectivity index (χ3v) is 3.59. The van der Waals surface area contributed by atoms with Gasteiger partial charge in [0.2, 0.25) is 0 Å². The third-order valence-electron chi connectivity index (χ3n) is 3.59. The van der Waals surface area contributed by atoms with E-state index in [4.69, 9.17) is 23.9 Å². The van der Waals surface area contributed by atoms with Crippen LogP contribution < -0.4 is 15.9 Å². The zero-order valence-electron chi connectivity index (χ0n) is 14.1. The Hall–Kier alpha value is -1.20. The standard InChI is InChI=1S/C13H20BNO3/c1-12(2)13(3,4)18-14(17-12)9-6-10(15)8-11(7-9)16-5/h6-8H,15H2,1-5H3/i5D3. The molecule has 0 atom stereocenters. The normalized spacial score (nSPS) is 24.2. The minimum atomic E-state index is -2.53. The van der Waals surface area contributed by atoms with Crippen molar-refractivity contribution in [2.24, 2.45) is 0 Å². The fraction of sp³-hybridized carbons (Fsp3) is 0.538. The summed E-state index contributed by atoms with van der Waals surface area (Å²) in [6, 6.07) is 4.72. The van der Waals surface area contributed by atoms with Gasteiger partial charge in [-0.2, -0.15) is 0 Å². The minimum Gasteiger partial charge on any atom is -0.497 e. The van der Waals surface area contributed by atoms with Gasteiger partial charge in [0, 0.05) is 11.8 Å². The van der Waals surface area contributed by atoms with Gasteiger partial charge in [0.05, 0.1) is 22.4 Å². The van der Waals surface area contributed by atoms with E-state index in [1.807, 2.05) is 27.7 Å². The molecule has 18 heavy (non-hydrogen) atoms. The summed E-state index contributed by atoms with van der Waals surface area (Å²) < 4.78 is 38.2. The molecule has 1 fully saturated rings. The van der Waals surface area contributed by atoms with Gasteiger partial charge in [0.1, 0.15) is 5.75 Å². The molecule has 5 heteroatoms. The van der Waals surface area contributed by atoms with E-state index in [0.29, 0.717) is 11.2 Å². The quantitative estimate of drug-likeness (QED) is 0.641. The van der Waals surface area contributed by atoms with Crippen LogP contribution in [0.15, 0.2) is 18.2 Å². The number of nitrogen functional groups attached to an aromatic ring is 1. The summed E-state index contributed by atoms with van der Waals surface area (Å²) in [6.45, 7) is 7.77. The highest BCUT2D eigenvalue weighted by molar-refractivity contribution is 6.62. The molecule has 0 aromatic heterocycles. The number of hydrogen-bond acceptors (Lipinski definition) is 4. The van der Waals surface area contributed by atoms with Crippen molar-refractivity contribution in [3.8, 4) is 5.75 Å². The molecule has 0 aliphatic carbocycles. The number of ether oxygens (including phenoxy) is 1. The highest BCUT2D eigenvalue weighted by Crippen LogP contribution is 2.36. The fourth-order valence-electron chi connectivity index (χ4n) is 1.82. The lowest BCUT2D eigenvalue weighted by atomic mass is 9.79. The molecule has 0 spiro atoms. The van der Waals surface area contributed by atoms with E-state index in [0.717, 1.165) is 0 Å². The molecule has 1 saturated heterocycles. The van der Waals surface area contributed by atoms with Crippen LogP contribution in [-0.4, -0.2) is 25.4 Å². The SMILES string of the molecule is [2H]C([2H])([2H])Oc1cc(N)cc(B2OC(C)(C)C(C)(C)O2)c1. The van der Waals surface area contributed by atoms with E-state index in [-0.39, 0.29) is 5.75 Å². The van der Waals surface area contributed by atoms with Gasteiger partial charge in [-0.1, -0.05) is 0 Å². The highest BCUT2D eigenvalue weighted by Gasteiger charge is 2.51. The summed E-state index contributed by atoms with van der Waals surface area (Å²) in [4.78, 5) is 0. The lowest BCUT2D eigenvalue weighted by Gasteiger charge is -2.32. The van der Waals surface area contributed by atoms with E-state index in [2.05, 4.69) is 0 Å². The molecule has 1 aromatic rings. The molecule has 1 aliphatic heterocycles. The van der Waals surface area contributed by atoms with Gasteiger partial charge in [-0.05, 0) is 45.3 Å². The number of hydrogen-bond donors (Lipinski definition) is 1. The number of rotatable bonds is 2. The van der Waals surface area contributed by atoms with Gasteiger partial charge < -0.3 is 19.8 Å². The molecule has 0 radical (unpaired) electrons. The molecule has 1 aromatic carbocycles. The van der Waals surface area contributed by atoms with Gasteiger partial charge in [-0.25, -0.2) is 0 Å². The molecule has 1 aliphatic rings. The van der Waals surface area contributed by atoms with E-state index in [1.54, 1.807) is 12.1 Å². The largest absolute Gasteiger partial charge is 0.497 e. The molecule has 98 valence electrons. The van der Waals surface area contributed by atoms with Crippen LogP contribution in [0.5, 0.6) is 5.75 Å². The summed E-state index contributed by atoms with van der Waals surface area (Å²) in [6.07, 6.45) is 0. The van der Waals surface area contributed by atoms with Gasteiger partial charge >= 0.3 is 7.12 Å². The Morgan fingerprint density at radius 1 is 1.17 bits per heavy atom. The van der Waals surface area contributed by atoms with Gasteiger partial charge in [-0.3, -0.25) is 0 Å². The summed E-state index contributed by atoms with van der Waals surface area (Å²) in [5.74, 6) is 0.166. The maximum Gasteiger partial charge on any atom is 0.495 e. The second kappa shape index (κ2) is 4.18. The predicted octanol–water partition coefficient (Wildman–Crippen LogP) is 1.58. The van der Waals surface area contributed by atoms with E-state index < -0.39 is 25.4 Å².